The highest BCUT2D eigenvalue weighted by molar-refractivity contribution is 7.99. The van der Waals surface area contributed by atoms with E-state index in [4.69, 9.17) is 0 Å². The third-order valence-corrected chi connectivity index (χ3v) is 5.82. The minimum absolute atomic E-state index is 0.0237. The van der Waals surface area contributed by atoms with E-state index in [9.17, 15) is 14.0 Å². The number of anilines is 1. The van der Waals surface area contributed by atoms with Crippen LogP contribution in [0.5, 0.6) is 0 Å². The Hall–Kier alpha value is -3.78. The van der Waals surface area contributed by atoms with Crippen molar-refractivity contribution >= 4 is 29.1 Å². The van der Waals surface area contributed by atoms with Gasteiger partial charge in [-0.3, -0.25) is 14.2 Å². The van der Waals surface area contributed by atoms with Crippen molar-refractivity contribution in [2.45, 2.75) is 18.5 Å². The fourth-order valence-corrected chi connectivity index (χ4v) is 4.10. The molecule has 6 nitrogen and oxygen atoms in total. The molecule has 1 aromatic heterocycles. The van der Waals surface area contributed by atoms with Crippen LogP contribution in [0.15, 0.2) is 84.0 Å². The number of Topliss-reactive ketones (excluding diaryl/α,β-unsaturated/α-hetero) is 1. The van der Waals surface area contributed by atoms with Gasteiger partial charge < -0.3 is 5.32 Å². The summed E-state index contributed by atoms with van der Waals surface area (Å²) < 4.78 is 15.3. The number of carbonyl (C=O) groups is 2. The van der Waals surface area contributed by atoms with E-state index in [-0.39, 0.29) is 23.9 Å². The Balaban J connectivity index is 1.46. The maximum atomic E-state index is 13.5. The quantitative estimate of drug-likeness (QED) is 0.282. The van der Waals surface area contributed by atoms with Crippen LogP contribution >= 0.6 is 11.8 Å². The number of halogens is 1. The Morgan fingerprint density at radius 1 is 0.939 bits per heavy atom. The second-order valence-electron chi connectivity index (χ2n) is 7.26. The van der Waals surface area contributed by atoms with Crippen molar-refractivity contribution in [2.24, 2.45) is 0 Å². The second-order valence-corrected chi connectivity index (χ2v) is 8.33. The molecule has 0 saturated heterocycles. The molecular formula is C25H21FN4O2S. The average molecular weight is 461 g/mol. The van der Waals surface area contributed by atoms with Crippen molar-refractivity contribution in [2.75, 3.05) is 11.1 Å². The summed E-state index contributed by atoms with van der Waals surface area (Å²) in [4.78, 5) is 23.7. The van der Waals surface area contributed by atoms with E-state index in [1.807, 2.05) is 34.9 Å². The van der Waals surface area contributed by atoms with E-state index in [1.165, 1.54) is 30.8 Å². The number of nitrogens with one attached hydrogen (secondary N) is 1. The summed E-state index contributed by atoms with van der Waals surface area (Å²) >= 11 is 1.40. The SMILES string of the molecule is CC(=O)c1ccc(NC(=O)CCSc2nnc(-c3ccccc3)n2-c2ccc(F)cc2)cc1. The van der Waals surface area contributed by atoms with Crippen LogP contribution in [0.4, 0.5) is 10.1 Å². The highest BCUT2D eigenvalue weighted by atomic mass is 32.2. The van der Waals surface area contributed by atoms with Gasteiger partial charge in [-0.25, -0.2) is 4.39 Å². The number of nitrogens with zero attached hydrogens (tertiary/aromatic N) is 3. The third-order valence-electron chi connectivity index (χ3n) is 4.89. The Morgan fingerprint density at radius 3 is 2.30 bits per heavy atom. The molecule has 8 heteroatoms. The number of thioether (sulfide) groups is 1. The highest BCUT2D eigenvalue weighted by Crippen LogP contribution is 2.28. The lowest BCUT2D eigenvalue weighted by Crippen LogP contribution is -2.12. The second kappa shape index (κ2) is 10.2. The van der Waals surface area contributed by atoms with Crippen LogP contribution in [0.2, 0.25) is 0 Å². The molecular weight excluding hydrogens is 439 g/mol. The normalized spacial score (nSPS) is 10.7. The molecule has 1 amide bonds. The van der Waals surface area contributed by atoms with Crippen molar-refractivity contribution in [1.82, 2.24) is 14.8 Å². The lowest BCUT2D eigenvalue weighted by atomic mass is 10.1. The first kappa shape index (κ1) is 22.4. The molecule has 0 aliphatic rings. The molecule has 3 aromatic carbocycles. The van der Waals surface area contributed by atoms with Crippen molar-refractivity contribution in [3.05, 3.63) is 90.2 Å². The maximum absolute atomic E-state index is 13.5. The molecule has 33 heavy (non-hydrogen) atoms. The molecule has 166 valence electrons. The molecule has 0 bridgehead atoms. The van der Waals surface area contributed by atoms with Gasteiger partial charge in [0, 0.05) is 34.7 Å². The van der Waals surface area contributed by atoms with Gasteiger partial charge >= 0.3 is 0 Å². The van der Waals surface area contributed by atoms with Gasteiger partial charge in [-0.1, -0.05) is 42.1 Å². The Labute approximate surface area is 194 Å². The number of aromatic nitrogens is 3. The molecule has 0 radical (unpaired) electrons. The Kier molecular flexibility index (Phi) is 6.95. The monoisotopic (exact) mass is 460 g/mol. The van der Waals surface area contributed by atoms with Crippen LogP contribution in [0.25, 0.3) is 17.1 Å². The van der Waals surface area contributed by atoms with Crippen molar-refractivity contribution < 1.29 is 14.0 Å². The van der Waals surface area contributed by atoms with Crippen molar-refractivity contribution in [1.29, 1.82) is 0 Å². The summed E-state index contributed by atoms with van der Waals surface area (Å²) in [6.45, 7) is 1.50. The maximum Gasteiger partial charge on any atom is 0.225 e. The standard InChI is InChI=1S/C25H21FN4O2S/c1-17(31)18-7-11-21(12-8-18)27-23(32)15-16-33-25-29-28-24(19-5-3-2-4-6-19)30(25)22-13-9-20(26)10-14-22/h2-14H,15-16H2,1H3,(H,27,32). The first-order valence-corrected chi connectivity index (χ1v) is 11.3. The van der Waals surface area contributed by atoms with Gasteiger partial charge in [0.2, 0.25) is 5.91 Å². The summed E-state index contributed by atoms with van der Waals surface area (Å²) in [5.41, 5.74) is 2.85. The number of rotatable bonds is 8. The summed E-state index contributed by atoms with van der Waals surface area (Å²) in [6.07, 6.45) is 0.260. The fourth-order valence-electron chi connectivity index (χ4n) is 3.21. The van der Waals surface area contributed by atoms with Crippen LogP contribution < -0.4 is 5.32 Å². The summed E-state index contributed by atoms with van der Waals surface area (Å²) in [5, 5.41) is 12.1. The van der Waals surface area contributed by atoms with E-state index in [1.54, 1.807) is 36.4 Å². The zero-order valence-electron chi connectivity index (χ0n) is 17.9. The predicted molar refractivity (Wildman–Crippen MR) is 127 cm³/mol. The smallest absolute Gasteiger partial charge is 0.225 e. The van der Waals surface area contributed by atoms with Crippen LogP contribution in [0, 0.1) is 5.82 Å². The van der Waals surface area contributed by atoms with E-state index in [0.717, 1.165) is 11.3 Å². The number of amides is 1. The largest absolute Gasteiger partial charge is 0.326 e. The molecule has 0 aliphatic heterocycles. The molecule has 1 heterocycles. The van der Waals surface area contributed by atoms with Crippen LogP contribution in [0.3, 0.4) is 0 Å². The van der Waals surface area contributed by atoms with Gasteiger partial charge in [-0.05, 0) is 55.5 Å². The minimum atomic E-state index is -0.324. The fraction of sp³-hybridized carbons (Fsp3) is 0.120. The number of carbonyl (C=O) groups excluding carboxylic acids is 2. The molecule has 4 rings (SSSR count). The van der Waals surface area contributed by atoms with E-state index >= 15 is 0 Å². The predicted octanol–water partition coefficient (Wildman–Crippen LogP) is 5.40. The Bertz CT molecular complexity index is 1260. The lowest BCUT2D eigenvalue weighted by molar-refractivity contribution is -0.115. The molecule has 0 aliphatic carbocycles. The van der Waals surface area contributed by atoms with Gasteiger partial charge in [0.15, 0.2) is 16.8 Å². The van der Waals surface area contributed by atoms with Crippen molar-refractivity contribution in [3.63, 3.8) is 0 Å². The number of benzene rings is 3. The van der Waals surface area contributed by atoms with E-state index < -0.39 is 0 Å². The molecule has 0 spiro atoms. The Morgan fingerprint density at radius 2 is 1.64 bits per heavy atom. The van der Waals surface area contributed by atoms with Gasteiger partial charge in [-0.15, -0.1) is 10.2 Å². The molecule has 4 aromatic rings. The first-order valence-electron chi connectivity index (χ1n) is 10.3. The summed E-state index contributed by atoms with van der Waals surface area (Å²) in [6, 6.07) is 22.5. The van der Waals surface area contributed by atoms with Gasteiger partial charge in [-0.2, -0.15) is 0 Å². The third kappa shape index (κ3) is 5.53. The zero-order chi connectivity index (χ0) is 23.2. The van der Waals surface area contributed by atoms with E-state index in [2.05, 4.69) is 15.5 Å². The number of hydrogen-bond acceptors (Lipinski definition) is 5. The van der Waals surface area contributed by atoms with Gasteiger partial charge in [0.05, 0.1) is 0 Å². The molecule has 0 unspecified atom stereocenters. The average Bonchev–Trinajstić information content (AvgIpc) is 3.24. The van der Waals surface area contributed by atoms with Crippen LogP contribution in [-0.4, -0.2) is 32.2 Å². The van der Waals surface area contributed by atoms with E-state index in [0.29, 0.717) is 28.0 Å². The van der Waals surface area contributed by atoms with Crippen LogP contribution in [0.1, 0.15) is 23.7 Å². The van der Waals surface area contributed by atoms with Gasteiger partial charge in [0.1, 0.15) is 5.82 Å². The summed E-state index contributed by atoms with van der Waals surface area (Å²) in [7, 11) is 0. The molecule has 0 atom stereocenters. The first-order chi connectivity index (χ1) is 16.0. The number of ketones is 1. The lowest BCUT2D eigenvalue weighted by Gasteiger charge is -2.10. The highest BCUT2D eigenvalue weighted by Gasteiger charge is 2.16. The van der Waals surface area contributed by atoms with Crippen molar-refractivity contribution in [3.8, 4) is 17.1 Å². The minimum Gasteiger partial charge on any atom is -0.326 e. The van der Waals surface area contributed by atoms with Gasteiger partial charge in [0.25, 0.3) is 0 Å². The summed E-state index contributed by atoms with van der Waals surface area (Å²) in [5.74, 6) is 0.625. The van der Waals surface area contributed by atoms with Crippen LogP contribution in [-0.2, 0) is 4.79 Å². The molecule has 0 fully saturated rings. The topological polar surface area (TPSA) is 76.9 Å². The molecule has 0 saturated carbocycles. The zero-order valence-corrected chi connectivity index (χ0v) is 18.7. The molecule has 1 N–H and O–H groups in total. The number of hydrogen-bond donors (Lipinski definition) is 1.